The van der Waals surface area contributed by atoms with Crippen LogP contribution in [0.1, 0.15) is 12.6 Å². The smallest absolute Gasteiger partial charge is 0.330 e. The maximum absolute atomic E-state index is 13.8. The first-order valence-electron chi connectivity index (χ1n) is 5.38. The Morgan fingerprint density at radius 2 is 2.39 bits per heavy atom. The molecular formula is C10H13FN2O5. The minimum Gasteiger partial charge on any atom is -0.349 e. The van der Waals surface area contributed by atoms with E-state index in [4.69, 9.17) is 4.74 Å². The largest absolute Gasteiger partial charge is 0.349 e. The molecule has 100 valence electrons. The van der Waals surface area contributed by atoms with Crippen molar-refractivity contribution in [3.63, 3.8) is 0 Å². The number of nitrogens with one attached hydrogen (secondary N) is 1. The summed E-state index contributed by atoms with van der Waals surface area (Å²) in [5.41, 5.74) is -1.24. The van der Waals surface area contributed by atoms with Gasteiger partial charge in [0, 0.05) is 18.7 Å². The molecule has 18 heavy (non-hydrogen) atoms. The van der Waals surface area contributed by atoms with Gasteiger partial charge < -0.3 is 4.74 Å². The Kier molecular flexibility index (Phi) is 3.90. The lowest BCUT2D eigenvalue weighted by Gasteiger charge is -2.15. The fourth-order valence-corrected chi connectivity index (χ4v) is 1.82. The summed E-state index contributed by atoms with van der Waals surface area (Å²) < 4.78 is 20.1. The van der Waals surface area contributed by atoms with Crippen LogP contribution in [0.4, 0.5) is 4.39 Å². The van der Waals surface area contributed by atoms with Crippen LogP contribution >= 0.6 is 0 Å². The second kappa shape index (κ2) is 5.42. The van der Waals surface area contributed by atoms with Crippen molar-refractivity contribution in [2.75, 3.05) is 13.7 Å². The Morgan fingerprint density at radius 1 is 1.61 bits per heavy atom. The number of hydrogen-bond acceptors (Lipinski definition) is 5. The molecule has 2 heterocycles. The summed E-state index contributed by atoms with van der Waals surface area (Å²) in [6.07, 6.45) is -1.60. The average Bonchev–Trinajstić information content (AvgIpc) is 2.68. The van der Waals surface area contributed by atoms with Gasteiger partial charge in [-0.25, -0.2) is 19.0 Å². The minimum absolute atomic E-state index is 0.0749. The maximum atomic E-state index is 13.8. The molecule has 1 aromatic heterocycles. The van der Waals surface area contributed by atoms with Gasteiger partial charge in [0.25, 0.3) is 5.56 Å². The van der Waals surface area contributed by atoms with Gasteiger partial charge in [-0.15, -0.1) is 0 Å². The third kappa shape index (κ3) is 2.66. The predicted molar refractivity (Wildman–Crippen MR) is 57.7 cm³/mol. The Balaban J connectivity index is 2.14. The first-order chi connectivity index (χ1) is 8.61. The molecule has 0 aliphatic carbocycles. The number of H-pyrrole nitrogens is 1. The fraction of sp³-hybridized carbons (Fsp3) is 0.600. The zero-order chi connectivity index (χ0) is 13.1. The van der Waals surface area contributed by atoms with Gasteiger partial charge in [-0.1, -0.05) is 0 Å². The highest BCUT2D eigenvalue weighted by atomic mass is 19.1. The molecule has 0 bridgehead atoms. The molecule has 1 aliphatic rings. The number of aromatic amines is 1. The van der Waals surface area contributed by atoms with Gasteiger partial charge in [-0.2, -0.15) is 0 Å². The van der Waals surface area contributed by atoms with Crippen LogP contribution in [0.25, 0.3) is 0 Å². The van der Waals surface area contributed by atoms with Crippen molar-refractivity contribution in [3.8, 4) is 0 Å². The van der Waals surface area contributed by atoms with Gasteiger partial charge in [-0.3, -0.25) is 14.3 Å². The molecule has 0 aromatic carbocycles. The molecule has 1 aromatic rings. The van der Waals surface area contributed by atoms with Crippen LogP contribution in [0.15, 0.2) is 21.9 Å². The van der Waals surface area contributed by atoms with E-state index in [0.29, 0.717) is 0 Å². The van der Waals surface area contributed by atoms with E-state index in [1.54, 1.807) is 0 Å². The van der Waals surface area contributed by atoms with Gasteiger partial charge in [-0.05, 0) is 0 Å². The molecule has 0 saturated carbocycles. The molecule has 3 atom stereocenters. The molecule has 0 amide bonds. The first-order valence-corrected chi connectivity index (χ1v) is 5.38. The first kappa shape index (κ1) is 12.9. The predicted octanol–water partition coefficient (Wildman–Crippen LogP) is -0.260. The summed E-state index contributed by atoms with van der Waals surface area (Å²) >= 11 is 0. The van der Waals surface area contributed by atoms with Crippen LogP contribution in [0.3, 0.4) is 0 Å². The van der Waals surface area contributed by atoms with Crippen LogP contribution in [0.5, 0.6) is 0 Å². The van der Waals surface area contributed by atoms with E-state index in [1.807, 2.05) is 4.98 Å². The zero-order valence-corrected chi connectivity index (χ0v) is 9.67. The lowest BCUT2D eigenvalue weighted by Crippen LogP contribution is -2.34. The number of halogens is 1. The summed E-state index contributed by atoms with van der Waals surface area (Å²) in [6.45, 7) is 0.0749. The Hall–Kier alpha value is -1.51. The van der Waals surface area contributed by atoms with Gasteiger partial charge in [0.1, 0.15) is 12.8 Å². The molecule has 2 rings (SSSR count). The van der Waals surface area contributed by atoms with E-state index in [-0.39, 0.29) is 13.0 Å². The summed E-state index contributed by atoms with van der Waals surface area (Å²) in [5, 5.41) is 0. The highest BCUT2D eigenvalue weighted by Gasteiger charge is 2.37. The normalized spacial score (nSPS) is 27.6. The zero-order valence-electron chi connectivity index (χ0n) is 9.67. The van der Waals surface area contributed by atoms with E-state index in [9.17, 15) is 14.0 Å². The van der Waals surface area contributed by atoms with Crippen molar-refractivity contribution in [1.82, 2.24) is 9.55 Å². The van der Waals surface area contributed by atoms with E-state index in [2.05, 4.69) is 9.78 Å². The number of aromatic nitrogens is 2. The van der Waals surface area contributed by atoms with Crippen molar-refractivity contribution in [2.24, 2.45) is 0 Å². The number of alkyl halides is 1. The third-order valence-electron chi connectivity index (χ3n) is 2.63. The standard InChI is InChI=1S/C10H13FN2O5/c1-16-17-5-6-4-7(11)9(18-6)13-3-2-8(14)12-10(13)15/h2-3,6-7,9H,4-5H2,1H3,(H,12,14,15). The van der Waals surface area contributed by atoms with Crippen molar-refractivity contribution in [2.45, 2.75) is 24.9 Å². The number of hydrogen-bond donors (Lipinski definition) is 1. The van der Waals surface area contributed by atoms with Gasteiger partial charge >= 0.3 is 5.69 Å². The molecule has 7 nitrogen and oxygen atoms in total. The summed E-state index contributed by atoms with van der Waals surface area (Å²) in [4.78, 5) is 33.5. The monoisotopic (exact) mass is 260 g/mol. The Bertz CT molecular complexity index is 513. The molecular weight excluding hydrogens is 247 g/mol. The number of ether oxygens (including phenoxy) is 1. The van der Waals surface area contributed by atoms with Gasteiger partial charge in [0.2, 0.25) is 0 Å². The summed E-state index contributed by atoms with van der Waals surface area (Å²) in [7, 11) is 1.34. The topological polar surface area (TPSA) is 82.5 Å². The van der Waals surface area contributed by atoms with E-state index in [0.717, 1.165) is 10.6 Å². The van der Waals surface area contributed by atoms with E-state index >= 15 is 0 Å². The number of rotatable bonds is 4. The molecule has 0 spiro atoms. The van der Waals surface area contributed by atoms with Gasteiger partial charge in [0.15, 0.2) is 6.23 Å². The van der Waals surface area contributed by atoms with E-state index in [1.165, 1.54) is 13.3 Å². The van der Waals surface area contributed by atoms with Crippen molar-refractivity contribution in [1.29, 1.82) is 0 Å². The van der Waals surface area contributed by atoms with Crippen molar-refractivity contribution in [3.05, 3.63) is 33.1 Å². The van der Waals surface area contributed by atoms with Crippen LogP contribution in [-0.4, -0.2) is 35.5 Å². The molecule has 1 saturated heterocycles. The molecule has 3 unspecified atom stereocenters. The quantitative estimate of drug-likeness (QED) is 0.595. The number of nitrogens with zero attached hydrogens (tertiary/aromatic N) is 1. The second-order valence-corrected chi connectivity index (χ2v) is 3.87. The van der Waals surface area contributed by atoms with Crippen LogP contribution in [0.2, 0.25) is 0 Å². The second-order valence-electron chi connectivity index (χ2n) is 3.87. The van der Waals surface area contributed by atoms with Crippen molar-refractivity contribution >= 4 is 0 Å². The molecule has 1 fully saturated rings. The Morgan fingerprint density at radius 3 is 3.06 bits per heavy atom. The van der Waals surface area contributed by atoms with Crippen LogP contribution in [-0.2, 0) is 14.5 Å². The molecule has 8 heteroatoms. The third-order valence-corrected chi connectivity index (χ3v) is 2.63. The lowest BCUT2D eigenvalue weighted by molar-refractivity contribution is -0.287. The van der Waals surface area contributed by atoms with Gasteiger partial charge in [0.05, 0.1) is 13.2 Å². The lowest BCUT2D eigenvalue weighted by atomic mass is 10.2. The summed E-state index contributed by atoms with van der Waals surface area (Å²) in [5.74, 6) is 0. The van der Waals surface area contributed by atoms with Crippen LogP contribution in [0, 0.1) is 0 Å². The maximum Gasteiger partial charge on any atom is 0.330 e. The van der Waals surface area contributed by atoms with E-state index < -0.39 is 29.8 Å². The van der Waals surface area contributed by atoms with Crippen molar-refractivity contribution < 1.29 is 18.9 Å². The fourth-order valence-electron chi connectivity index (χ4n) is 1.82. The Labute approximate surface area is 101 Å². The average molecular weight is 260 g/mol. The highest BCUT2D eigenvalue weighted by Crippen LogP contribution is 2.30. The summed E-state index contributed by atoms with van der Waals surface area (Å²) in [6, 6.07) is 1.14. The highest BCUT2D eigenvalue weighted by molar-refractivity contribution is 4.88. The molecule has 0 radical (unpaired) electrons. The SMILES string of the molecule is COOCC1CC(F)C(n2ccc(=O)[nH]c2=O)O1. The van der Waals surface area contributed by atoms with Crippen LogP contribution < -0.4 is 11.2 Å². The molecule has 1 N–H and O–H groups in total. The minimum atomic E-state index is -1.35. The molecule has 1 aliphatic heterocycles.